The quantitative estimate of drug-likeness (QED) is 0.617. The van der Waals surface area contributed by atoms with Gasteiger partial charge in [-0.25, -0.2) is 9.66 Å². The number of nitrogens with zero attached hydrogens (tertiary/aromatic N) is 2. The van der Waals surface area contributed by atoms with Crippen LogP contribution in [-0.4, -0.2) is 16.8 Å². The van der Waals surface area contributed by atoms with Crippen molar-refractivity contribution in [1.82, 2.24) is 9.66 Å². The van der Waals surface area contributed by atoms with Gasteiger partial charge in [0.05, 0.1) is 12.6 Å². The van der Waals surface area contributed by atoms with Gasteiger partial charge in [0.15, 0.2) is 0 Å². The molecule has 0 amide bonds. The van der Waals surface area contributed by atoms with E-state index in [4.69, 9.17) is 16.3 Å². The molecule has 1 heterocycles. The number of fused-ring (bicyclic) bond motifs is 1. The Morgan fingerprint density at radius 1 is 1.46 bits per heavy atom. The maximum absolute atomic E-state index is 5.64. The molecule has 0 atom stereocenters. The van der Waals surface area contributed by atoms with Crippen molar-refractivity contribution in [3.05, 3.63) is 18.2 Å². The normalized spacial score (nSPS) is 10.5. The number of hydrogen-bond acceptors (Lipinski definition) is 4. The average molecular weight is 178 g/mol. The van der Waals surface area contributed by atoms with Crippen molar-refractivity contribution in [3.8, 4) is 5.75 Å². The molecular formula is C8H10N4O. The first-order valence-electron chi connectivity index (χ1n) is 3.80. The third kappa shape index (κ3) is 0.970. The number of nitrogen functional groups attached to an aromatic ring is 2. The van der Waals surface area contributed by atoms with Gasteiger partial charge in [0, 0.05) is 0 Å². The predicted octanol–water partition coefficient (Wildman–Crippen LogP) is 0.341. The van der Waals surface area contributed by atoms with E-state index in [1.807, 2.05) is 18.2 Å². The largest absolute Gasteiger partial charge is 0.494 e. The summed E-state index contributed by atoms with van der Waals surface area (Å²) in [6, 6.07) is 5.49. The molecule has 0 aliphatic heterocycles. The van der Waals surface area contributed by atoms with Gasteiger partial charge in [-0.2, -0.15) is 0 Å². The Morgan fingerprint density at radius 2 is 2.23 bits per heavy atom. The van der Waals surface area contributed by atoms with Crippen LogP contribution in [0.25, 0.3) is 11.0 Å². The first-order valence-corrected chi connectivity index (χ1v) is 3.80. The first kappa shape index (κ1) is 7.72. The minimum atomic E-state index is 0.277. The lowest BCUT2D eigenvalue weighted by atomic mass is 10.3. The lowest BCUT2D eigenvalue weighted by molar-refractivity contribution is 0.419. The maximum atomic E-state index is 5.64. The van der Waals surface area contributed by atoms with Gasteiger partial charge in [0.2, 0.25) is 5.95 Å². The minimum Gasteiger partial charge on any atom is -0.494 e. The second-order valence-corrected chi connectivity index (χ2v) is 2.67. The highest BCUT2D eigenvalue weighted by molar-refractivity contribution is 5.84. The molecular weight excluding hydrogens is 168 g/mol. The number of hydrogen-bond donors (Lipinski definition) is 2. The highest BCUT2D eigenvalue weighted by atomic mass is 16.5. The number of anilines is 1. The van der Waals surface area contributed by atoms with Crippen LogP contribution in [0.15, 0.2) is 18.2 Å². The molecule has 0 spiro atoms. The summed E-state index contributed by atoms with van der Waals surface area (Å²) in [5, 5.41) is 0. The molecule has 13 heavy (non-hydrogen) atoms. The average Bonchev–Trinajstić information content (AvgIpc) is 2.43. The van der Waals surface area contributed by atoms with Crippen molar-refractivity contribution in [2.45, 2.75) is 0 Å². The molecule has 1 aromatic heterocycles. The molecule has 0 aliphatic rings. The minimum absolute atomic E-state index is 0.277. The number of benzene rings is 1. The van der Waals surface area contributed by atoms with Crippen LogP contribution in [0.3, 0.4) is 0 Å². The van der Waals surface area contributed by atoms with E-state index in [9.17, 15) is 0 Å². The summed E-state index contributed by atoms with van der Waals surface area (Å²) >= 11 is 0. The van der Waals surface area contributed by atoms with E-state index in [0.29, 0.717) is 11.3 Å². The zero-order valence-electron chi connectivity index (χ0n) is 7.19. The number of ether oxygens (including phenoxy) is 1. The van der Waals surface area contributed by atoms with Crippen LogP contribution in [0.2, 0.25) is 0 Å². The van der Waals surface area contributed by atoms with Crippen molar-refractivity contribution < 1.29 is 4.74 Å². The van der Waals surface area contributed by atoms with Gasteiger partial charge in [-0.05, 0) is 12.1 Å². The van der Waals surface area contributed by atoms with Crippen molar-refractivity contribution in [2.24, 2.45) is 0 Å². The molecule has 0 fully saturated rings. The second-order valence-electron chi connectivity index (χ2n) is 2.67. The second kappa shape index (κ2) is 2.55. The number of imidazole rings is 1. The summed E-state index contributed by atoms with van der Waals surface area (Å²) in [6.45, 7) is 0. The number of aromatic nitrogens is 2. The molecule has 0 radical (unpaired) electrons. The van der Waals surface area contributed by atoms with Gasteiger partial charge in [0.25, 0.3) is 0 Å². The van der Waals surface area contributed by atoms with Gasteiger partial charge < -0.3 is 16.3 Å². The van der Waals surface area contributed by atoms with Crippen molar-refractivity contribution >= 4 is 17.0 Å². The highest BCUT2D eigenvalue weighted by Gasteiger charge is 2.08. The van der Waals surface area contributed by atoms with Crippen LogP contribution >= 0.6 is 0 Å². The number of methoxy groups -OCH3 is 1. The zero-order chi connectivity index (χ0) is 9.42. The third-order valence-corrected chi connectivity index (χ3v) is 1.93. The standard InChI is InChI=1S/C8H10N4O/c1-13-6-4-2-3-5-7(6)11-8(9)12(5)10/h2-4H,10H2,1H3,(H2,9,11). The number of rotatable bonds is 1. The summed E-state index contributed by atoms with van der Waals surface area (Å²) in [4.78, 5) is 4.07. The van der Waals surface area contributed by atoms with Gasteiger partial charge in [-0.3, -0.25) is 0 Å². The number of nitrogens with two attached hydrogens (primary N) is 2. The molecule has 5 nitrogen and oxygen atoms in total. The van der Waals surface area contributed by atoms with Crippen LogP contribution in [0.1, 0.15) is 0 Å². The SMILES string of the molecule is COc1cccc2c1nc(N)n2N. The molecule has 4 N–H and O–H groups in total. The Labute approximate surface area is 74.9 Å². The topological polar surface area (TPSA) is 79.1 Å². The molecule has 1 aromatic carbocycles. The van der Waals surface area contributed by atoms with Crippen LogP contribution in [-0.2, 0) is 0 Å². The van der Waals surface area contributed by atoms with Crippen molar-refractivity contribution in [3.63, 3.8) is 0 Å². The maximum Gasteiger partial charge on any atom is 0.220 e. The molecule has 2 rings (SSSR count). The highest BCUT2D eigenvalue weighted by Crippen LogP contribution is 2.24. The van der Waals surface area contributed by atoms with Crippen molar-refractivity contribution in [2.75, 3.05) is 18.7 Å². The van der Waals surface area contributed by atoms with Gasteiger partial charge in [-0.1, -0.05) is 6.07 Å². The van der Waals surface area contributed by atoms with E-state index >= 15 is 0 Å². The smallest absolute Gasteiger partial charge is 0.220 e. The lowest BCUT2D eigenvalue weighted by Crippen LogP contribution is -2.11. The summed E-state index contributed by atoms with van der Waals surface area (Å²) < 4.78 is 6.44. The van der Waals surface area contributed by atoms with Crippen molar-refractivity contribution in [1.29, 1.82) is 0 Å². The first-order chi connectivity index (χ1) is 6.24. The van der Waals surface area contributed by atoms with Crippen LogP contribution in [0.5, 0.6) is 5.75 Å². The lowest BCUT2D eigenvalue weighted by Gasteiger charge is -1.99. The van der Waals surface area contributed by atoms with E-state index in [1.165, 1.54) is 4.68 Å². The van der Waals surface area contributed by atoms with Gasteiger partial charge in [0.1, 0.15) is 11.3 Å². The molecule has 68 valence electrons. The molecule has 0 bridgehead atoms. The Bertz CT molecular complexity index is 449. The molecule has 5 heteroatoms. The summed E-state index contributed by atoms with van der Waals surface area (Å²) in [7, 11) is 1.58. The number of para-hydroxylation sites is 1. The molecule has 0 aliphatic carbocycles. The predicted molar refractivity (Wildman–Crippen MR) is 50.8 cm³/mol. The molecule has 2 aromatic rings. The van der Waals surface area contributed by atoms with E-state index in [0.717, 1.165) is 5.52 Å². The fraction of sp³-hybridized carbons (Fsp3) is 0.125. The third-order valence-electron chi connectivity index (χ3n) is 1.93. The van der Waals surface area contributed by atoms with E-state index in [-0.39, 0.29) is 5.95 Å². The fourth-order valence-electron chi connectivity index (χ4n) is 1.27. The zero-order valence-corrected chi connectivity index (χ0v) is 7.19. The monoisotopic (exact) mass is 178 g/mol. The molecule has 0 saturated heterocycles. The Hall–Kier alpha value is -1.91. The summed E-state index contributed by atoms with van der Waals surface area (Å²) in [6.07, 6.45) is 0. The van der Waals surface area contributed by atoms with E-state index in [2.05, 4.69) is 4.98 Å². The Morgan fingerprint density at radius 3 is 2.92 bits per heavy atom. The Balaban J connectivity index is 2.84. The van der Waals surface area contributed by atoms with E-state index in [1.54, 1.807) is 7.11 Å². The van der Waals surface area contributed by atoms with Gasteiger partial charge in [-0.15, -0.1) is 0 Å². The van der Waals surface area contributed by atoms with E-state index < -0.39 is 0 Å². The summed E-state index contributed by atoms with van der Waals surface area (Å²) in [5.74, 6) is 6.59. The molecule has 0 saturated carbocycles. The van der Waals surface area contributed by atoms with Crippen LogP contribution in [0, 0.1) is 0 Å². The fourth-order valence-corrected chi connectivity index (χ4v) is 1.27. The molecule has 0 unspecified atom stereocenters. The summed E-state index contributed by atoms with van der Waals surface area (Å²) in [5.41, 5.74) is 6.99. The van der Waals surface area contributed by atoms with Crippen LogP contribution in [0.4, 0.5) is 5.95 Å². The van der Waals surface area contributed by atoms with Crippen LogP contribution < -0.4 is 16.3 Å². The van der Waals surface area contributed by atoms with Gasteiger partial charge >= 0.3 is 0 Å². The Kier molecular flexibility index (Phi) is 1.51.